The van der Waals surface area contributed by atoms with Crippen LogP contribution in [-0.4, -0.2) is 57.1 Å². The van der Waals surface area contributed by atoms with Gasteiger partial charge in [0.1, 0.15) is 0 Å². The van der Waals surface area contributed by atoms with Crippen molar-refractivity contribution >= 4 is 5.97 Å². The molecule has 6 heteroatoms. The number of hydrogen-bond acceptors (Lipinski definition) is 4. The molecule has 0 saturated carbocycles. The van der Waals surface area contributed by atoms with Crippen LogP contribution in [0.4, 0.5) is 0 Å². The van der Waals surface area contributed by atoms with Crippen molar-refractivity contribution in [2.24, 2.45) is 0 Å². The number of hydrogen-bond donors (Lipinski definition) is 1. The zero-order valence-corrected chi connectivity index (χ0v) is 14.5. The summed E-state index contributed by atoms with van der Waals surface area (Å²) in [7, 11) is 0. The van der Waals surface area contributed by atoms with Crippen molar-refractivity contribution in [1.29, 1.82) is 0 Å². The zero-order valence-electron chi connectivity index (χ0n) is 14.5. The number of piperidine rings is 1. The number of aromatic carboxylic acids is 1. The van der Waals surface area contributed by atoms with Crippen LogP contribution in [0.2, 0.25) is 0 Å². The molecular weight excluding hydrogens is 306 g/mol. The number of nitrogens with zero attached hydrogens (tertiary/aromatic N) is 3. The van der Waals surface area contributed by atoms with E-state index >= 15 is 0 Å². The number of likely N-dealkylation sites (tertiary alicyclic amines) is 1. The molecule has 2 fully saturated rings. The SMILES string of the molecule is CCCn1nc(C(=O)O)c2c1CC[C@@H](N1CCC3(CCO3)CC1)C2. The standard InChI is InChI=1S/C18H27N3O3/c1-2-8-21-15-4-3-13(12-14(15)16(19-21)17(22)23)20-9-5-18(6-10-20)7-11-24-18/h13H,2-12H2,1H3,(H,22,23)/t13-/m1/s1. The first-order chi connectivity index (χ1) is 11.6. The van der Waals surface area contributed by atoms with E-state index in [4.69, 9.17) is 4.74 Å². The van der Waals surface area contributed by atoms with Crippen LogP contribution in [0.1, 0.15) is 60.8 Å². The van der Waals surface area contributed by atoms with Crippen LogP contribution in [0.25, 0.3) is 0 Å². The Hall–Kier alpha value is -1.40. The van der Waals surface area contributed by atoms with Gasteiger partial charge in [0.05, 0.1) is 12.2 Å². The third-order valence-corrected chi connectivity index (χ3v) is 6.15. The zero-order chi connectivity index (χ0) is 16.7. The molecule has 1 atom stereocenters. The molecule has 4 rings (SSSR count). The normalized spacial score (nSPS) is 26.1. The minimum atomic E-state index is -0.887. The summed E-state index contributed by atoms with van der Waals surface area (Å²) >= 11 is 0. The molecule has 0 bridgehead atoms. The quantitative estimate of drug-likeness (QED) is 0.914. The largest absolute Gasteiger partial charge is 0.476 e. The Kier molecular flexibility index (Phi) is 4.12. The highest BCUT2D eigenvalue weighted by Crippen LogP contribution is 2.38. The van der Waals surface area contributed by atoms with Gasteiger partial charge >= 0.3 is 5.97 Å². The predicted octanol–water partition coefficient (Wildman–Crippen LogP) is 2.10. The van der Waals surface area contributed by atoms with Crippen LogP contribution in [0.5, 0.6) is 0 Å². The van der Waals surface area contributed by atoms with E-state index in [1.165, 1.54) is 6.42 Å². The number of aromatic nitrogens is 2. The molecule has 1 spiro atoms. The summed E-state index contributed by atoms with van der Waals surface area (Å²) in [5, 5.41) is 13.9. The minimum Gasteiger partial charge on any atom is -0.476 e. The molecule has 0 amide bonds. The van der Waals surface area contributed by atoms with Gasteiger partial charge < -0.3 is 9.84 Å². The van der Waals surface area contributed by atoms with Crippen LogP contribution >= 0.6 is 0 Å². The van der Waals surface area contributed by atoms with Crippen LogP contribution in [0.3, 0.4) is 0 Å². The fraction of sp³-hybridized carbons (Fsp3) is 0.778. The Labute approximate surface area is 142 Å². The highest BCUT2D eigenvalue weighted by Gasteiger charge is 2.43. The van der Waals surface area contributed by atoms with Gasteiger partial charge in [-0.2, -0.15) is 5.10 Å². The van der Waals surface area contributed by atoms with Gasteiger partial charge in [-0.1, -0.05) is 6.92 Å². The molecule has 3 heterocycles. The maximum Gasteiger partial charge on any atom is 0.356 e. The highest BCUT2D eigenvalue weighted by molar-refractivity contribution is 5.87. The average Bonchev–Trinajstić information content (AvgIpc) is 2.92. The third-order valence-electron chi connectivity index (χ3n) is 6.15. The van der Waals surface area contributed by atoms with Crippen LogP contribution in [0.15, 0.2) is 0 Å². The second-order valence-electron chi connectivity index (χ2n) is 7.52. The molecule has 24 heavy (non-hydrogen) atoms. The summed E-state index contributed by atoms with van der Waals surface area (Å²) in [5.41, 5.74) is 2.59. The maximum absolute atomic E-state index is 11.6. The van der Waals surface area contributed by atoms with Crippen molar-refractivity contribution in [1.82, 2.24) is 14.7 Å². The number of fused-ring (bicyclic) bond motifs is 1. The van der Waals surface area contributed by atoms with Gasteiger partial charge in [0, 0.05) is 36.9 Å². The molecule has 6 nitrogen and oxygen atoms in total. The monoisotopic (exact) mass is 333 g/mol. The molecule has 0 aromatic carbocycles. The lowest BCUT2D eigenvalue weighted by Crippen LogP contribution is -2.55. The van der Waals surface area contributed by atoms with Gasteiger partial charge in [0.15, 0.2) is 5.69 Å². The molecule has 2 aliphatic heterocycles. The molecule has 2 saturated heterocycles. The summed E-state index contributed by atoms with van der Waals surface area (Å²) in [6, 6.07) is 0.451. The topological polar surface area (TPSA) is 67.6 Å². The molecular formula is C18H27N3O3. The van der Waals surface area contributed by atoms with E-state index in [9.17, 15) is 9.90 Å². The number of ether oxygens (including phenoxy) is 1. The van der Waals surface area contributed by atoms with Crippen LogP contribution < -0.4 is 0 Å². The van der Waals surface area contributed by atoms with Gasteiger partial charge in [-0.15, -0.1) is 0 Å². The Morgan fingerprint density at radius 1 is 1.38 bits per heavy atom. The molecule has 132 valence electrons. The minimum absolute atomic E-state index is 0.175. The number of carbonyl (C=O) groups is 1. The predicted molar refractivity (Wildman–Crippen MR) is 89.4 cm³/mol. The number of rotatable bonds is 4. The van der Waals surface area contributed by atoms with Crippen molar-refractivity contribution in [3.63, 3.8) is 0 Å². The van der Waals surface area contributed by atoms with E-state index in [-0.39, 0.29) is 11.3 Å². The number of carboxylic acid groups (broad SMARTS) is 1. The maximum atomic E-state index is 11.6. The molecule has 1 N–H and O–H groups in total. The second-order valence-corrected chi connectivity index (χ2v) is 7.52. The Morgan fingerprint density at radius 2 is 2.12 bits per heavy atom. The highest BCUT2D eigenvalue weighted by atomic mass is 16.5. The van der Waals surface area contributed by atoms with E-state index in [1.807, 2.05) is 4.68 Å². The van der Waals surface area contributed by atoms with Crippen LogP contribution in [-0.2, 0) is 24.1 Å². The van der Waals surface area contributed by atoms with Gasteiger partial charge in [0.25, 0.3) is 0 Å². The van der Waals surface area contributed by atoms with Gasteiger partial charge in [-0.3, -0.25) is 9.58 Å². The summed E-state index contributed by atoms with van der Waals surface area (Å²) in [6.45, 7) is 5.98. The Bertz CT molecular complexity index is 626. The lowest BCUT2D eigenvalue weighted by Gasteiger charge is -2.49. The summed E-state index contributed by atoms with van der Waals surface area (Å²) in [5.74, 6) is -0.887. The molecule has 3 aliphatic rings. The first-order valence-electron chi connectivity index (χ1n) is 9.32. The lowest BCUT2D eigenvalue weighted by molar-refractivity contribution is -0.175. The summed E-state index contributed by atoms with van der Waals surface area (Å²) in [4.78, 5) is 14.2. The fourth-order valence-corrected chi connectivity index (χ4v) is 4.63. The van der Waals surface area contributed by atoms with Crippen molar-refractivity contribution in [2.45, 2.75) is 70.1 Å². The van der Waals surface area contributed by atoms with E-state index in [0.29, 0.717) is 6.04 Å². The average molecular weight is 333 g/mol. The van der Waals surface area contributed by atoms with Crippen molar-refractivity contribution in [3.8, 4) is 0 Å². The first kappa shape index (κ1) is 16.1. The fourth-order valence-electron chi connectivity index (χ4n) is 4.63. The molecule has 1 aromatic heterocycles. The lowest BCUT2D eigenvalue weighted by atomic mass is 9.82. The van der Waals surface area contributed by atoms with Crippen molar-refractivity contribution < 1.29 is 14.6 Å². The second kappa shape index (κ2) is 6.15. The van der Waals surface area contributed by atoms with E-state index in [2.05, 4.69) is 16.9 Å². The van der Waals surface area contributed by atoms with E-state index in [1.54, 1.807) is 0 Å². The summed E-state index contributed by atoms with van der Waals surface area (Å²) in [6.07, 6.45) is 7.31. The van der Waals surface area contributed by atoms with Crippen LogP contribution in [0, 0.1) is 0 Å². The number of aryl methyl sites for hydroxylation is 1. The van der Waals surface area contributed by atoms with Gasteiger partial charge in [-0.25, -0.2) is 4.79 Å². The first-order valence-corrected chi connectivity index (χ1v) is 9.32. The van der Waals surface area contributed by atoms with Crippen molar-refractivity contribution in [3.05, 3.63) is 17.0 Å². The van der Waals surface area contributed by atoms with E-state index < -0.39 is 5.97 Å². The molecule has 1 aromatic rings. The third kappa shape index (κ3) is 2.65. The molecule has 0 radical (unpaired) electrons. The Balaban J connectivity index is 1.50. The Morgan fingerprint density at radius 3 is 2.71 bits per heavy atom. The molecule has 0 unspecified atom stereocenters. The van der Waals surface area contributed by atoms with Gasteiger partial charge in [0.2, 0.25) is 0 Å². The van der Waals surface area contributed by atoms with Gasteiger partial charge in [-0.05, 0) is 44.9 Å². The molecule has 1 aliphatic carbocycles. The van der Waals surface area contributed by atoms with Crippen molar-refractivity contribution in [2.75, 3.05) is 19.7 Å². The summed E-state index contributed by atoms with van der Waals surface area (Å²) < 4.78 is 7.75. The van der Waals surface area contributed by atoms with E-state index in [0.717, 1.165) is 76.0 Å². The number of carboxylic acids is 1. The smallest absolute Gasteiger partial charge is 0.356 e.